The molecule has 3 rings (SSSR count). The molecule has 0 radical (unpaired) electrons. The molecule has 0 saturated heterocycles. The van der Waals surface area contributed by atoms with Crippen LogP contribution in [-0.4, -0.2) is 35.9 Å². The number of anilines is 1. The van der Waals surface area contributed by atoms with Gasteiger partial charge in [-0.05, 0) is 30.9 Å². The zero-order valence-electron chi connectivity index (χ0n) is 11.3. The maximum Gasteiger partial charge on any atom is 0.243 e. The monoisotopic (exact) mass is 316 g/mol. The van der Waals surface area contributed by atoms with Crippen molar-refractivity contribution in [2.75, 3.05) is 25.1 Å². The van der Waals surface area contributed by atoms with Gasteiger partial charge in [-0.3, -0.25) is 0 Å². The highest BCUT2D eigenvalue weighted by Gasteiger charge is 2.36. The molecule has 1 unspecified atom stereocenters. The molecule has 0 bridgehead atoms. The van der Waals surface area contributed by atoms with E-state index in [1.165, 1.54) is 12.8 Å². The second-order valence-electron chi connectivity index (χ2n) is 4.62. The number of fused-ring (bicyclic) bond motifs is 3. The zero-order chi connectivity index (χ0) is 13.6. The third-order valence-corrected chi connectivity index (χ3v) is 10.2. The fourth-order valence-corrected chi connectivity index (χ4v) is 5.69. The van der Waals surface area contributed by atoms with E-state index in [4.69, 9.17) is 26.3 Å². The van der Waals surface area contributed by atoms with E-state index >= 15 is 0 Å². The number of ether oxygens (including phenoxy) is 1. The Labute approximate surface area is 122 Å². The minimum Gasteiger partial charge on any atom is -0.479 e. The van der Waals surface area contributed by atoms with E-state index < -0.39 is 5.54 Å². The van der Waals surface area contributed by atoms with Crippen molar-refractivity contribution in [3.05, 3.63) is 11.5 Å². The number of aromatic nitrogens is 2. The van der Waals surface area contributed by atoms with Crippen LogP contribution in [0.2, 0.25) is 0 Å². The summed E-state index contributed by atoms with van der Waals surface area (Å²) in [6, 6.07) is 0. The minimum atomic E-state index is -2.03. The highest BCUT2D eigenvalue weighted by molar-refractivity contribution is 8.70. The smallest absolute Gasteiger partial charge is 0.243 e. The van der Waals surface area contributed by atoms with Crippen LogP contribution in [-0.2, 0) is 29.5 Å². The summed E-state index contributed by atoms with van der Waals surface area (Å²) in [5, 5.41) is 0. The molecule has 1 aromatic heterocycles. The van der Waals surface area contributed by atoms with Crippen molar-refractivity contribution in [1.29, 1.82) is 0 Å². The number of hydrogen-bond donors (Lipinski definition) is 0. The lowest BCUT2D eigenvalue weighted by molar-refractivity contribution is 0.399. The Bertz CT molecular complexity index is 598. The van der Waals surface area contributed by atoms with Crippen molar-refractivity contribution < 1.29 is 4.74 Å². The Balaban J connectivity index is 2.21. The van der Waals surface area contributed by atoms with Crippen LogP contribution in [0, 0.1) is 0 Å². The lowest BCUT2D eigenvalue weighted by Crippen LogP contribution is -2.24. The highest BCUT2D eigenvalue weighted by atomic mass is 32.9. The number of hydrogen-bond acceptors (Lipinski definition) is 4. The van der Waals surface area contributed by atoms with Crippen LogP contribution >= 0.6 is 16.9 Å². The van der Waals surface area contributed by atoms with E-state index in [-0.39, 0.29) is 0 Å². The molecule has 0 amide bonds. The number of rotatable bonds is 1. The molecule has 5 nitrogen and oxygen atoms in total. The topological polar surface area (TPSA) is 42.6 Å². The molecule has 2 aliphatic heterocycles. The van der Waals surface area contributed by atoms with Crippen molar-refractivity contribution in [2.24, 2.45) is 4.76 Å². The Hall–Kier alpha value is -0.520. The Morgan fingerprint density at radius 2 is 2.21 bits per heavy atom. The van der Waals surface area contributed by atoms with Crippen molar-refractivity contribution >= 4 is 40.4 Å². The summed E-state index contributed by atoms with van der Waals surface area (Å²) >= 11 is 7.34. The van der Waals surface area contributed by atoms with Gasteiger partial charge in [0.05, 0.1) is 7.11 Å². The summed E-state index contributed by atoms with van der Waals surface area (Å²) in [6.07, 6.45) is 5.43. The van der Waals surface area contributed by atoms with Crippen LogP contribution in [0.25, 0.3) is 0 Å². The molecule has 0 spiro atoms. The molecule has 0 aromatic carbocycles. The third kappa shape index (κ3) is 1.94. The molecule has 104 valence electrons. The summed E-state index contributed by atoms with van der Waals surface area (Å²) in [5.74, 6) is 2.74. The first kappa shape index (κ1) is 13.5. The third-order valence-electron chi connectivity index (χ3n) is 3.60. The van der Waals surface area contributed by atoms with Crippen LogP contribution in [0.4, 0.5) is 5.82 Å². The Morgan fingerprint density at radius 1 is 1.42 bits per heavy atom. The number of nitrogens with zero attached hydrogens (tertiary/aromatic N) is 4. The number of methoxy groups -OCH3 is 1. The van der Waals surface area contributed by atoms with E-state index in [0.29, 0.717) is 5.90 Å². The van der Waals surface area contributed by atoms with Gasteiger partial charge in [0.25, 0.3) is 0 Å². The van der Waals surface area contributed by atoms with Gasteiger partial charge in [0, 0.05) is 20.0 Å². The fraction of sp³-hybridized carbons (Fsp3) is 0.636. The summed E-state index contributed by atoms with van der Waals surface area (Å²) < 4.78 is 14.5. The van der Waals surface area contributed by atoms with Gasteiger partial charge >= 0.3 is 0 Å². The Kier molecular flexibility index (Phi) is 3.39. The summed E-state index contributed by atoms with van der Waals surface area (Å²) in [6.45, 7) is 0.996. The van der Waals surface area contributed by atoms with Crippen molar-refractivity contribution in [3.8, 4) is 0 Å². The van der Waals surface area contributed by atoms with Gasteiger partial charge in [0.15, 0.2) is 5.82 Å². The summed E-state index contributed by atoms with van der Waals surface area (Å²) in [7, 11) is 3.67. The number of imidazole rings is 1. The van der Waals surface area contributed by atoms with Crippen LogP contribution in [0.15, 0.2) is 4.76 Å². The lowest BCUT2D eigenvalue weighted by atomic mass is 10.1. The normalized spacial score (nSPS) is 25.6. The minimum absolute atomic E-state index is 0.659. The van der Waals surface area contributed by atoms with Crippen LogP contribution in [0.5, 0.6) is 0 Å². The molecular weight excluding hydrogens is 299 g/mol. The molecule has 0 aliphatic carbocycles. The van der Waals surface area contributed by atoms with Crippen LogP contribution < -0.4 is 4.67 Å². The predicted molar refractivity (Wildman–Crippen MR) is 84.9 cm³/mol. The zero-order valence-corrected chi connectivity index (χ0v) is 13.8. The molecule has 0 saturated carbocycles. The maximum absolute atomic E-state index is 5.72. The van der Waals surface area contributed by atoms with Crippen LogP contribution in [0.3, 0.4) is 0 Å². The van der Waals surface area contributed by atoms with E-state index in [1.54, 1.807) is 18.5 Å². The molecular formula is C11H17N4OPS2. The first-order chi connectivity index (χ1) is 9.10. The predicted octanol–water partition coefficient (Wildman–Crippen LogP) is 2.65. The van der Waals surface area contributed by atoms with Crippen molar-refractivity contribution in [3.63, 3.8) is 0 Å². The average molecular weight is 316 g/mol. The van der Waals surface area contributed by atoms with Crippen molar-refractivity contribution in [1.82, 2.24) is 9.55 Å². The maximum atomic E-state index is 5.72. The Morgan fingerprint density at radius 3 is 2.89 bits per heavy atom. The fourth-order valence-electron chi connectivity index (χ4n) is 2.56. The molecule has 0 fully saturated rings. The summed E-state index contributed by atoms with van der Waals surface area (Å²) in [5.41, 5.74) is -1.02. The second kappa shape index (κ2) is 4.79. The highest BCUT2D eigenvalue weighted by Crippen LogP contribution is 2.65. The molecule has 8 heteroatoms. The molecule has 2 aliphatic rings. The molecule has 0 N–H and O–H groups in total. The largest absolute Gasteiger partial charge is 0.479 e. The SMILES string of the molecule is COC1=NP(=S)(SC)N(C)c2nc3n(c21)CCCC3. The van der Waals surface area contributed by atoms with E-state index in [2.05, 4.69) is 9.24 Å². The number of aryl methyl sites for hydroxylation is 1. The van der Waals surface area contributed by atoms with Crippen molar-refractivity contribution in [2.45, 2.75) is 25.8 Å². The molecule has 1 atom stereocenters. The quantitative estimate of drug-likeness (QED) is 0.745. The van der Waals surface area contributed by atoms with Gasteiger partial charge < -0.3 is 14.0 Å². The van der Waals surface area contributed by atoms with Gasteiger partial charge in [-0.25, -0.2) is 4.98 Å². The van der Waals surface area contributed by atoms with Gasteiger partial charge in [-0.2, -0.15) is 4.76 Å². The first-order valence-electron chi connectivity index (χ1n) is 6.24. The molecule has 19 heavy (non-hydrogen) atoms. The van der Waals surface area contributed by atoms with Crippen LogP contribution in [0.1, 0.15) is 24.4 Å². The van der Waals surface area contributed by atoms with E-state index in [1.807, 2.05) is 13.3 Å². The summed E-state index contributed by atoms with van der Waals surface area (Å²) in [4.78, 5) is 4.79. The first-order valence-corrected chi connectivity index (χ1v) is 10.8. The molecule has 1 aromatic rings. The van der Waals surface area contributed by atoms with Gasteiger partial charge in [0.2, 0.25) is 11.4 Å². The molecule has 3 heterocycles. The van der Waals surface area contributed by atoms with E-state index in [0.717, 1.165) is 30.3 Å². The van der Waals surface area contributed by atoms with Gasteiger partial charge in [-0.1, -0.05) is 11.4 Å². The second-order valence-corrected chi connectivity index (χ2v) is 11.6. The van der Waals surface area contributed by atoms with E-state index in [9.17, 15) is 0 Å². The lowest BCUT2D eigenvalue weighted by Gasteiger charge is -2.32. The standard InChI is InChI=1S/C11H17N4OPS2/c1-14-10-9(11(16-2)13-17(14,18)19-3)15-7-5-4-6-8(15)12-10/h4-7H2,1-3H3. The average Bonchev–Trinajstić information content (AvgIpc) is 2.82. The van der Waals surface area contributed by atoms with Gasteiger partial charge in [0.1, 0.15) is 11.5 Å². The van der Waals surface area contributed by atoms with Gasteiger partial charge in [-0.15, -0.1) is 0 Å².